The normalized spacial score (nSPS) is 12.0. The van der Waals surface area contributed by atoms with Crippen LogP contribution in [0.3, 0.4) is 0 Å². The number of carbonyl (C=O) groups is 1. The lowest BCUT2D eigenvalue weighted by Crippen LogP contribution is -1.91. The van der Waals surface area contributed by atoms with E-state index in [1.807, 2.05) is 0 Å². The summed E-state index contributed by atoms with van der Waals surface area (Å²) in [6, 6.07) is 1.51. The molecule has 0 saturated heterocycles. The summed E-state index contributed by atoms with van der Waals surface area (Å²) in [6.07, 6.45) is 0.377. The van der Waals surface area contributed by atoms with Crippen LogP contribution in [0, 0.1) is 11.3 Å². The Bertz CT molecular complexity index is 85.3. The van der Waals surface area contributed by atoms with Gasteiger partial charge in [0.1, 0.15) is 0 Å². The molecule has 0 aromatic carbocycles. The first-order chi connectivity index (χ1) is 2.81. The maximum absolute atomic E-state index is 9.38. The van der Waals surface area contributed by atoms with E-state index in [9.17, 15) is 4.79 Å². The molecule has 1 unspecified atom stereocenters. The van der Waals surface area contributed by atoms with Gasteiger partial charge in [0, 0.05) is 0 Å². The molecule has 6 heavy (non-hydrogen) atoms. The van der Waals surface area contributed by atoms with E-state index >= 15 is 0 Å². The van der Waals surface area contributed by atoms with Crippen LogP contribution in [0.25, 0.3) is 0 Å². The van der Waals surface area contributed by atoms with Gasteiger partial charge in [-0.2, -0.15) is 5.26 Å². The van der Waals surface area contributed by atoms with Crippen molar-refractivity contribution in [3.63, 3.8) is 0 Å². The number of nitrogens with zero attached hydrogens (tertiary/aromatic N) is 1. The summed E-state index contributed by atoms with van der Waals surface area (Å²) in [7, 11) is 0. The Hall–Kier alpha value is -0.550. The molecule has 0 rings (SSSR count). The minimum absolute atomic E-state index is 0.377. The van der Waals surface area contributed by atoms with Gasteiger partial charge in [-0.3, -0.25) is 0 Å². The van der Waals surface area contributed by atoms with Crippen molar-refractivity contribution >= 4 is 17.9 Å². The van der Waals surface area contributed by atoms with Gasteiger partial charge in [0.05, 0.1) is 6.07 Å². The molecule has 0 aliphatic heterocycles. The third-order valence-electron chi connectivity index (χ3n) is 0.243. The number of carbonyl (C=O) groups excluding carboxylic acids is 1. The molecule has 0 spiro atoms. The molecule has 0 bridgehead atoms. The molecule has 3 heteroatoms. The van der Waals surface area contributed by atoms with E-state index in [1.165, 1.54) is 6.07 Å². The van der Waals surface area contributed by atoms with E-state index in [0.717, 1.165) is 0 Å². The van der Waals surface area contributed by atoms with E-state index in [-0.39, 0.29) is 0 Å². The number of alkyl halides is 1. The first-order valence-corrected chi connectivity index (χ1v) is 1.74. The molecule has 0 N–H and O–H groups in total. The molecule has 1 atom stereocenters. The molecule has 2 nitrogen and oxygen atoms in total. The molecule has 0 radical (unpaired) electrons. The summed E-state index contributed by atoms with van der Waals surface area (Å²) in [4.78, 5) is 9.38. The van der Waals surface area contributed by atoms with Gasteiger partial charge in [0.2, 0.25) is 0 Å². The lowest BCUT2D eigenvalue weighted by Gasteiger charge is -1.72. The van der Waals surface area contributed by atoms with Crippen molar-refractivity contribution in [3.8, 4) is 6.07 Å². The average Bonchev–Trinajstić information content (AvgIpc) is 1.65. The number of nitriles is 1. The first kappa shape index (κ1) is 5.45. The van der Waals surface area contributed by atoms with Crippen LogP contribution in [0.4, 0.5) is 0 Å². The van der Waals surface area contributed by atoms with Gasteiger partial charge in [0.15, 0.2) is 11.7 Å². The minimum atomic E-state index is -0.968. The van der Waals surface area contributed by atoms with Crippen LogP contribution in [0.5, 0.6) is 0 Å². The van der Waals surface area contributed by atoms with Gasteiger partial charge in [-0.15, -0.1) is 0 Å². The third-order valence-corrected chi connectivity index (χ3v) is 0.443. The molecular weight excluding hydrogens is 101 g/mol. The molecule has 0 fully saturated rings. The van der Waals surface area contributed by atoms with Crippen LogP contribution in [0.2, 0.25) is 0 Å². The topological polar surface area (TPSA) is 40.9 Å². The van der Waals surface area contributed by atoms with Gasteiger partial charge in [-0.25, -0.2) is 0 Å². The van der Waals surface area contributed by atoms with Gasteiger partial charge < -0.3 is 4.79 Å². The number of rotatable bonds is 1. The van der Waals surface area contributed by atoms with Crippen molar-refractivity contribution < 1.29 is 4.79 Å². The first-order valence-electron chi connectivity index (χ1n) is 1.30. The van der Waals surface area contributed by atoms with E-state index in [4.69, 9.17) is 16.9 Å². The van der Waals surface area contributed by atoms with Gasteiger partial charge >= 0.3 is 0 Å². The number of hydrogen-bond donors (Lipinski definition) is 0. The zero-order valence-electron chi connectivity index (χ0n) is 2.89. The van der Waals surface area contributed by atoms with Crippen molar-refractivity contribution in [2.75, 3.05) is 0 Å². The molecule has 0 aliphatic carbocycles. The largest absolute Gasteiger partial charge is 0.301 e. The standard InChI is InChI=1S/C3H2ClNO/c4-3(1-5)2-6/h2-3H. The highest BCUT2D eigenvalue weighted by Gasteiger charge is 1.92. The van der Waals surface area contributed by atoms with E-state index in [2.05, 4.69) is 0 Å². The van der Waals surface area contributed by atoms with Crippen molar-refractivity contribution in [2.45, 2.75) is 5.38 Å². The SMILES string of the molecule is N#CC(Cl)C=O. The number of aldehydes is 1. The van der Waals surface area contributed by atoms with Crippen molar-refractivity contribution in [1.29, 1.82) is 5.26 Å². The summed E-state index contributed by atoms with van der Waals surface area (Å²) in [6.45, 7) is 0. The molecule has 0 aromatic rings. The quantitative estimate of drug-likeness (QED) is 0.354. The van der Waals surface area contributed by atoms with E-state index in [0.29, 0.717) is 6.29 Å². The van der Waals surface area contributed by atoms with Crippen LogP contribution in [0.1, 0.15) is 0 Å². The Balaban J connectivity index is 3.30. The summed E-state index contributed by atoms with van der Waals surface area (Å²) in [5.74, 6) is 0. The summed E-state index contributed by atoms with van der Waals surface area (Å²) < 4.78 is 0. The van der Waals surface area contributed by atoms with Crippen LogP contribution < -0.4 is 0 Å². The van der Waals surface area contributed by atoms with E-state index < -0.39 is 5.38 Å². The predicted molar refractivity (Wildman–Crippen MR) is 21.3 cm³/mol. The zero-order chi connectivity index (χ0) is 4.99. The molecule has 32 valence electrons. The third kappa shape index (κ3) is 1.74. The van der Waals surface area contributed by atoms with Crippen LogP contribution in [0.15, 0.2) is 0 Å². The summed E-state index contributed by atoms with van der Waals surface area (Å²) >= 11 is 4.92. The zero-order valence-corrected chi connectivity index (χ0v) is 3.64. The second kappa shape index (κ2) is 2.67. The van der Waals surface area contributed by atoms with Gasteiger partial charge in [-0.05, 0) is 0 Å². The Morgan fingerprint density at radius 3 is 2.50 bits per heavy atom. The molecule has 0 aromatic heterocycles. The number of hydrogen-bond acceptors (Lipinski definition) is 2. The highest BCUT2D eigenvalue weighted by molar-refractivity contribution is 6.29. The van der Waals surface area contributed by atoms with Crippen molar-refractivity contribution in [1.82, 2.24) is 0 Å². The number of halogens is 1. The Labute approximate surface area is 40.3 Å². The highest BCUT2D eigenvalue weighted by atomic mass is 35.5. The summed E-state index contributed by atoms with van der Waals surface area (Å²) in [5, 5.41) is 6.75. The Morgan fingerprint density at radius 1 is 2.00 bits per heavy atom. The minimum Gasteiger partial charge on any atom is -0.301 e. The molecule has 0 saturated carbocycles. The maximum atomic E-state index is 9.38. The van der Waals surface area contributed by atoms with Gasteiger partial charge in [0.25, 0.3) is 0 Å². The second-order valence-electron chi connectivity index (χ2n) is 0.667. The Kier molecular flexibility index (Phi) is 2.43. The summed E-state index contributed by atoms with van der Waals surface area (Å²) in [5.41, 5.74) is 0. The molecular formula is C3H2ClNO. The molecule has 0 amide bonds. The fourth-order valence-electron chi connectivity index (χ4n) is 0.0304. The highest BCUT2D eigenvalue weighted by Crippen LogP contribution is 1.83. The predicted octanol–water partition coefficient (Wildman–Crippen LogP) is 0.316. The fraction of sp³-hybridized carbons (Fsp3) is 0.333. The lowest BCUT2D eigenvalue weighted by atomic mass is 10.5. The monoisotopic (exact) mass is 103 g/mol. The van der Waals surface area contributed by atoms with Gasteiger partial charge in [-0.1, -0.05) is 11.6 Å². The molecule has 0 heterocycles. The van der Waals surface area contributed by atoms with E-state index in [1.54, 1.807) is 0 Å². The average molecular weight is 104 g/mol. The maximum Gasteiger partial charge on any atom is 0.175 e. The second-order valence-corrected chi connectivity index (χ2v) is 1.14. The van der Waals surface area contributed by atoms with Crippen molar-refractivity contribution in [3.05, 3.63) is 0 Å². The van der Waals surface area contributed by atoms with Crippen LogP contribution >= 0.6 is 11.6 Å². The lowest BCUT2D eigenvalue weighted by molar-refractivity contribution is -0.106. The molecule has 0 aliphatic rings. The van der Waals surface area contributed by atoms with Crippen LogP contribution in [-0.2, 0) is 4.79 Å². The Morgan fingerprint density at radius 2 is 2.50 bits per heavy atom. The smallest absolute Gasteiger partial charge is 0.175 e. The van der Waals surface area contributed by atoms with Crippen molar-refractivity contribution in [2.24, 2.45) is 0 Å². The fourth-order valence-corrected chi connectivity index (χ4v) is 0.0304. The van der Waals surface area contributed by atoms with Crippen LogP contribution in [-0.4, -0.2) is 11.7 Å².